The summed E-state index contributed by atoms with van der Waals surface area (Å²) in [5, 5.41) is 7.75. The number of nitrogen functional groups attached to an aromatic ring is 1. The normalized spacial score (nSPS) is 19.8. The number of aromatic nitrogens is 2. The fraction of sp³-hybridized carbons (Fsp3) is 0.500. The van der Waals surface area contributed by atoms with E-state index in [2.05, 4.69) is 10.2 Å². The Kier molecular flexibility index (Phi) is 2.89. The van der Waals surface area contributed by atoms with Crippen LogP contribution in [-0.4, -0.2) is 35.9 Å². The van der Waals surface area contributed by atoms with Crippen molar-refractivity contribution >= 4 is 17.6 Å². The van der Waals surface area contributed by atoms with Crippen LogP contribution in [0.1, 0.15) is 12.8 Å². The van der Waals surface area contributed by atoms with E-state index < -0.39 is 0 Å². The van der Waals surface area contributed by atoms with E-state index in [1.807, 2.05) is 4.90 Å². The maximum atomic E-state index is 11.5. The predicted molar refractivity (Wildman–Crippen MR) is 58.8 cm³/mol. The molecule has 2 heterocycles. The first-order valence-corrected chi connectivity index (χ1v) is 5.16. The molecule has 0 aromatic carbocycles. The van der Waals surface area contributed by atoms with Crippen LogP contribution in [0.3, 0.4) is 0 Å². The Morgan fingerprint density at radius 1 is 1.56 bits per heavy atom. The van der Waals surface area contributed by atoms with Crippen molar-refractivity contribution in [3.8, 4) is 0 Å². The summed E-state index contributed by atoms with van der Waals surface area (Å²) in [6, 6.07) is 3.20. The molecule has 0 bridgehead atoms. The van der Waals surface area contributed by atoms with Gasteiger partial charge in [0.2, 0.25) is 0 Å². The molecule has 1 aromatic heterocycles. The van der Waals surface area contributed by atoms with Gasteiger partial charge in [-0.25, -0.2) is 4.79 Å². The molecule has 0 amide bonds. The molecule has 86 valence electrons. The third-order valence-corrected chi connectivity index (χ3v) is 2.69. The highest BCUT2D eigenvalue weighted by atomic mass is 16.5. The van der Waals surface area contributed by atoms with Crippen molar-refractivity contribution in [1.82, 2.24) is 10.2 Å². The van der Waals surface area contributed by atoms with Gasteiger partial charge in [-0.2, -0.15) is 0 Å². The molecule has 0 radical (unpaired) electrons. The van der Waals surface area contributed by atoms with Gasteiger partial charge in [0.1, 0.15) is 11.9 Å². The van der Waals surface area contributed by atoms with Crippen LogP contribution in [0.5, 0.6) is 0 Å². The maximum absolute atomic E-state index is 11.5. The number of anilines is 2. The number of hydrogen-bond donors (Lipinski definition) is 1. The highest BCUT2D eigenvalue weighted by molar-refractivity contribution is 5.80. The molecule has 6 nitrogen and oxygen atoms in total. The van der Waals surface area contributed by atoms with Crippen LogP contribution in [0, 0.1) is 0 Å². The molecule has 1 aromatic rings. The monoisotopic (exact) mass is 222 g/mol. The number of carbonyl (C=O) groups is 1. The topological polar surface area (TPSA) is 81.3 Å². The van der Waals surface area contributed by atoms with E-state index in [-0.39, 0.29) is 12.0 Å². The average molecular weight is 222 g/mol. The Balaban J connectivity index is 2.19. The van der Waals surface area contributed by atoms with Crippen molar-refractivity contribution in [2.24, 2.45) is 0 Å². The summed E-state index contributed by atoms with van der Waals surface area (Å²) in [6.45, 7) is 0.790. The number of hydrogen-bond acceptors (Lipinski definition) is 6. The van der Waals surface area contributed by atoms with Crippen molar-refractivity contribution in [1.29, 1.82) is 0 Å². The lowest BCUT2D eigenvalue weighted by Gasteiger charge is -2.22. The second-order valence-corrected chi connectivity index (χ2v) is 3.69. The summed E-state index contributed by atoms with van der Waals surface area (Å²) in [6.07, 6.45) is 1.74. The number of nitrogens with zero attached hydrogens (tertiary/aromatic N) is 3. The fourth-order valence-electron chi connectivity index (χ4n) is 1.91. The van der Waals surface area contributed by atoms with E-state index in [0.717, 1.165) is 19.4 Å². The number of ether oxygens (including phenoxy) is 1. The van der Waals surface area contributed by atoms with Crippen LogP contribution in [-0.2, 0) is 9.53 Å². The lowest BCUT2D eigenvalue weighted by Crippen LogP contribution is -2.37. The van der Waals surface area contributed by atoms with Gasteiger partial charge in [-0.05, 0) is 25.0 Å². The zero-order valence-electron chi connectivity index (χ0n) is 9.09. The zero-order valence-corrected chi connectivity index (χ0v) is 9.09. The molecule has 1 atom stereocenters. The molecule has 6 heteroatoms. The molecular weight excluding hydrogens is 208 g/mol. The van der Waals surface area contributed by atoms with E-state index in [9.17, 15) is 4.79 Å². The van der Waals surface area contributed by atoms with E-state index in [0.29, 0.717) is 11.6 Å². The van der Waals surface area contributed by atoms with Crippen molar-refractivity contribution in [3.05, 3.63) is 12.1 Å². The minimum atomic E-state index is -0.247. The minimum Gasteiger partial charge on any atom is -0.467 e. The summed E-state index contributed by atoms with van der Waals surface area (Å²) < 4.78 is 4.76. The lowest BCUT2D eigenvalue weighted by atomic mass is 10.2. The second-order valence-electron chi connectivity index (χ2n) is 3.69. The van der Waals surface area contributed by atoms with E-state index in [1.54, 1.807) is 12.1 Å². The summed E-state index contributed by atoms with van der Waals surface area (Å²) >= 11 is 0. The molecule has 0 aliphatic carbocycles. The number of esters is 1. The standard InChI is InChI=1S/C10H14N4O2/c1-16-10(15)7-3-2-6-14(7)9-5-4-8(11)12-13-9/h4-5,7H,2-3,6H2,1H3,(H2,11,12). The molecule has 2 N–H and O–H groups in total. The van der Waals surface area contributed by atoms with E-state index in [4.69, 9.17) is 10.5 Å². The molecule has 1 saturated heterocycles. The summed E-state index contributed by atoms with van der Waals surface area (Å²) in [5.41, 5.74) is 5.46. The lowest BCUT2D eigenvalue weighted by molar-refractivity contribution is -0.141. The summed E-state index contributed by atoms with van der Waals surface area (Å²) in [7, 11) is 1.40. The first kappa shape index (κ1) is 10.7. The van der Waals surface area contributed by atoms with Crippen LogP contribution in [0.25, 0.3) is 0 Å². The van der Waals surface area contributed by atoms with Gasteiger partial charge in [0.25, 0.3) is 0 Å². The number of rotatable bonds is 2. The second kappa shape index (κ2) is 4.34. The van der Waals surface area contributed by atoms with Gasteiger partial charge in [0, 0.05) is 6.54 Å². The molecule has 16 heavy (non-hydrogen) atoms. The third kappa shape index (κ3) is 1.91. The quantitative estimate of drug-likeness (QED) is 0.720. The third-order valence-electron chi connectivity index (χ3n) is 2.69. The fourth-order valence-corrected chi connectivity index (χ4v) is 1.91. The molecule has 1 unspecified atom stereocenters. The van der Waals surface area contributed by atoms with Gasteiger partial charge in [0.05, 0.1) is 7.11 Å². The molecule has 2 rings (SSSR count). The van der Waals surface area contributed by atoms with Crippen LogP contribution in [0.15, 0.2) is 12.1 Å². The smallest absolute Gasteiger partial charge is 0.328 e. The van der Waals surface area contributed by atoms with E-state index in [1.165, 1.54) is 7.11 Å². The van der Waals surface area contributed by atoms with Gasteiger partial charge >= 0.3 is 5.97 Å². The maximum Gasteiger partial charge on any atom is 0.328 e. The van der Waals surface area contributed by atoms with Crippen molar-refractivity contribution in [2.45, 2.75) is 18.9 Å². The van der Waals surface area contributed by atoms with E-state index >= 15 is 0 Å². The number of nitrogens with two attached hydrogens (primary N) is 1. The minimum absolute atomic E-state index is 0.226. The predicted octanol–water partition coefficient (Wildman–Crippen LogP) is 0.201. The first-order chi connectivity index (χ1) is 7.72. The Hall–Kier alpha value is -1.85. The molecule has 0 saturated carbocycles. The molecule has 0 spiro atoms. The Labute approximate surface area is 93.4 Å². The first-order valence-electron chi connectivity index (χ1n) is 5.16. The van der Waals surface area contributed by atoms with Crippen LogP contribution >= 0.6 is 0 Å². The van der Waals surface area contributed by atoms with Gasteiger partial charge in [0.15, 0.2) is 5.82 Å². The molecular formula is C10H14N4O2. The Bertz CT molecular complexity index is 379. The Morgan fingerprint density at radius 3 is 3.00 bits per heavy atom. The van der Waals surface area contributed by atoms with Crippen molar-refractivity contribution in [2.75, 3.05) is 24.3 Å². The van der Waals surface area contributed by atoms with Crippen molar-refractivity contribution < 1.29 is 9.53 Å². The van der Waals surface area contributed by atoms with Crippen LogP contribution < -0.4 is 10.6 Å². The highest BCUT2D eigenvalue weighted by Crippen LogP contribution is 2.24. The van der Waals surface area contributed by atoms with Gasteiger partial charge in [-0.15, -0.1) is 10.2 Å². The molecule has 1 aliphatic heterocycles. The van der Waals surface area contributed by atoms with Gasteiger partial charge < -0.3 is 15.4 Å². The zero-order chi connectivity index (χ0) is 11.5. The molecule has 1 aliphatic rings. The van der Waals surface area contributed by atoms with Crippen LogP contribution in [0.4, 0.5) is 11.6 Å². The number of methoxy groups -OCH3 is 1. The SMILES string of the molecule is COC(=O)C1CCCN1c1ccc(N)nn1. The molecule has 1 fully saturated rings. The largest absolute Gasteiger partial charge is 0.467 e. The van der Waals surface area contributed by atoms with Crippen molar-refractivity contribution in [3.63, 3.8) is 0 Å². The van der Waals surface area contributed by atoms with Gasteiger partial charge in [-0.3, -0.25) is 0 Å². The summed E-state index contributed by atoms with van der Waals surface area (Å²) in [4.78, 5) is 13.4. The highest BCUT2D eigenvalue weighted by Gasteiger charge is 2.32. The van der Waals surface area contributed by atoms with Gasteiger partial charge in [-0.1, -0.05) is 0 Å². The summed E-state index contributed by atoms with van der Waals surface area (Å²) in [5.74, 6) is 0.816. The Morgan fingerprint density at radius 2 is 2.38 bits per heavy atom. The van der Waals surface area contributed by atoms with Crippen LogP contribution in [0.2, 0.25) is 0 Å². The number of carbonyl (C=O) groups excluding carboxylic acids is 1. The average Bonchev–Trinajstić information content (AvgIpc) is 2.78.